The maximum Gasteiger partial charge on any atom is 0.169 e. The molecule has 2 heterocycles. The molecule has 3 rings (SSSR count). The van der Waals surface area contributed by atoms with Gasteiger partial charge in [-0.2, -0.15) is 0 Å². The Balaban J connectivity index is 2.02. The molecule has 1 aliphatic rings. The second kappa shape index (κ2) is 3.56. The van der Waals surface area contributed by atoms with Gasteiger partial charge in [0.15, 0.2) is 11.6 Å². The number of anilines is 1. The van der Waals surface area contributed by atoms with Crippen LogP contribution in [0.3, 0.4) is 0 Å². The van der Waals surface area contributed by atoms with Crippen LogP contribution >= 0.6 is 0 Å². The van der Waals surface area contributed by atoms with Crippen molar-refractivity contribution in [3.63, 3.8) is 0 Å². The van der Waals surface area contributed by atoms with Gasteiger partial charge in [-0.05, 0) is 36.6 Å². The Kier molecular flexibility index (Phi) is 2.06. The van der Waals surface area contributed by atoms with Crippen LogP contribution in [-0.2, 0) is 6.42 Å². The molecule has 0 bridgehead atoms. The fourth-order valence-electron chi connectivity index (χ4n) is 1.94. The fraction of sp³-hybridized carbons (Fsp3) is 0.250. The molecule has 1 aromatic carbocycles. The Morgan fingerprint density at radius 3 is 3.00 bits per heavy atom. The zero-order valence-corrected chi connectivity index (χ0v) is 8.77. The normalized spacial score (nSPS) is 14.2. The van der Waals surface area contributed by atoms with E-state index in [9.17, 15) is 0 Å². The number of aromatic nitrogens is 1. The third-order valence-corrected chi connectivity index (χ3v) is 2.72. The van der Waals surface area contributed by atoms with Crippen LogP contribution in [0, 0.1) is 0 Å². The molecule has 0 saturated carbocycles. The van der Waals surface area contributed by atoms with Crippen molar-refractivity contribution >= 4 is 5.82 Å². The predicted octanol–water partition coefficient (Wildman–Crippen LogP) is 2.25. The van der Waals surface area contributed by atoms with E-state index in [1.54, 1.807) is 6.07 Å². The molecular weight excluding hydrogens is 204 g/mol. The maximum absolute atomic E-state index is 5.55. The molecule has 4 nitrogen and oxygen atoms in total. The quantitative estimate of drug-likeness (QED) is 0.794. The molecule has 82 valence electrons. The lowest BCUT2D eigenvalue weighted by molar-refractivity contribution is 0.288. The number of aryl methyl sites for hydroxylation is 1. The van der Waals surface area contributed by atoms with E-state index in [0.717, 1.165) is 30.8 Å². The summed E-state index contributed by atoms with van der Waals surface area (Å²) in [5.74, 6) is 2.08. The van der Waals surface area contributed by atoms with Crippen LogP contribution in [0.25, 0.3) is 11.3 Å². The van der Waals surface area contributed by atoms with E-state index in [2.05, 4.69) is 11.2 Å². The minimum atomic E-state index is 0.406. The maximum atomic E-state index is 5.55. The topological polar surface area (TPSA) is 61.3 Å². The lowest BCUT2D eigenvalue weighted by atomic mass is 10.0. The Morgan fingerprint density at radius 1 is 1.25 bits per heavy atom. The summed E-state index contributed by atoms with van der Waals surface area (Å²) in [6, 6.07) is 7.74. The van der Waals surface area contributed by atoms with Crippen LogP contribution in [0.5, 0.6) is 5.75 Å². The van der Waals surface area contributed by atoms with Crippen LogP contribution in [0.4, 0.5) is 5.82 Å². The van der Waals surface area contributed by atoms with Crippen LogP contribution in [0.15, 0.2) is 28.8 Å². The van der Waals surface area contributed by atoms with Gasteiger partial charge >= 0.3 is 0 Å². The molecule has 2 N–H and O–H groups in total. The van der Waals surface area contributed by atoms with E-state index in [1.165, 1.54) is 5.56 Å². The molecule has 0 radical (unpaired) electrons. The number of fused-ring (bicyclic) bond motifs is 1. The van der Waals surface area contributed by atoms with Crippen molar-refractivity contribution in [1.82, 2.24) is 5.16 Å². The van der Waals surface area contributed by atoms with Crippen molar-refractivity contribution in [2.24, 2.45) is 0 Å². The molecule has 0 fully saturated rings. The molecule has 16 heavy (non-hydrogen) atoms. The van der Waals surface area contributed by atoms with Crippen molar-refractivity contribution in [1.29, 1.82) is 0 Å². The highest BCUT2D eigenvalue weighted by molar-refractivity contribution is 5.62. The van der Waals surface area contributed by atoms with Crippen molar-refractivity contribution in [3.05, 3.63) is 29.8 Å². The van der Waals surface area contributed by atoms with Gasteiger partial charge in [0.2, 0.25) is 0 Å². The smallest absolute Gasteiger partial charge is 0.169 e. The molecule has 0 aliphatic carbocycles. The van der Waals surface area contributed by atoms with E-state index < -0.39 is 0 Å². The third-order valence-electron chi connectivity index (χ3n) is 2.72. The number of hydrogen-bond acceptors (Lipinski definition) is 4. The highest BCUT2D eigenvalue weighted by Gasteiger charge is 2.12. The highest BCUT2D eigenvalue weighted by Crippen LogP contribution is 2.30. The summed E-state index contributed by atoms with van der Waals surface area (Å²) in [5.41, 5.74) is 7.74. The second-order valence-electron chi connectivity index (χ2n) is 3.89. The minimum Gasteiger partial charge on any atom is -0.493 e. The van der Waals surface area contributed by atoms with Gasteiger partial charge in [0.05, 0.1) is 6.61 Å². The van der Waals surface area contributed by atoms with E-state index >= 15 is 0 Å². The highest BCUT2D eigenvalue weighted by atomic mass is 16.5. The van der Waals surface area contributed by atoms with E-state index in [0.29, 0.717) is 11.6 Å². The van der Waals surface area contributed by atoms with Crippen molar-refractivity contribution in [2.75, 3.05) is 12.3 Å². The van der Waals surface area contributed by atoms with Gasteiger partial charge in [0.25, 0.3) is 0 Å². The number of nitrogens with two attached hydrogens (primary N) is 1. The fourth-order valence-corrected chi connectivity index (χ4v) is 1.94. The molecule has 0 atom stereocenters. The Labute approximate surface area is 93.0 Å². The predicted molar refractivity (Wildman–Crippen MR) is 60.2 cm³/mol. The summed E-state index contributed by atoms with van der Waals surface area (Å²) in [7, 11) is 0. The second-order valence-corrected chi connectivity index (χ2v) is 3.89. The van der Waals surface area contributed by atoms with Crippen LogP contribution < -0.4 is 10.5 Å². The standard InChI is InChI=1S/C12H12N2O2/c13-12-7-11(16-14-12)9-3-4-10-8(6-9)2-1-5-15-10/h3-4,6-7H,1-2,5H2,(H2,13,14). The Bertz CT molecular complexity index is 519. The average Bonchev–Trinajstić information content (AvgIpc) is 2.75. The van der Waals surface area contributed by atoms with Gasteiger partial charge < -0.3 is 15.0 Å². The molecule has 0 spiro atoms. The lowest BCUT2D eigenvalue weighted by Gasteiger charge is -2.17. The number of benzene rings is 1. The molecule has 4 heteroatoms. The molecule has 2 aromatic rings. The van der Waals surface area contributed by atoms with Crippen molar-refractivity contribution in [2.45, 2.75) is 12.8 Å². The number of ether oxygens (including phenoxy) is 1. The number of rotatable bonds is 1. The molecule has 1 aromatic heterocycles. The summed E-state index contributed by atoms with van der Waals surface area (Å²) in [4.78, 5) is 0. The minimum absolute atomic E-state index is 0.406. The van der Waals surface area contributed by atoms with E-state index in [4.69, 9.17) is 15.0 Å². The summed E-state index contributed by atoms with van der Waals surface area (Å²) in [6.07, 6.45) is 2.11. The summed E-state index contributed by atoms with van der Waals surface area (Å²) in [5, 5.41) is 3.68. The molecule has 1 aliphatic heterocycles. The lowest BCUT2D eigenvalue weighted by Crippen LogP contribution is -2.07. The first-order valence-electron chi connectivity index (χ1n) is 5.31. The molecule has 0 unspecified atom stereocenters. The zero-order chi connectivity index (χ0) is 11.0. The number of nitrogen functional groups attached to an aromatic ring is 1. The van der Waals surface area contributed by atoms with E-state index in [-0.39, 0.29) is 0 Å². The first kappa shape index (κ1) is 9.27. The number of hydrogen-bond donors (Lipinski definition) is 1. The van der Waals surface area contributed by atoms with Gasteiger partial charge in [0.1, 0.15) is 5.75 Å². The average molecular weight is 216 g/mol. The summed E-state index contributed by atoms with van der Waals surface area (Å²) in [6.45, 7) is 0.807. The van der Waals surface area contributed by atoms with E-state index in [1.807, 2.05) is 12.1 Å². The number of nitrogens with zero attached hydrogens (tertiary/aromatic N) is 1. The van der Waals surface area contributed by atoms with Gasteiger partial charge in [-0.25, -0.2) is 0 Å². The first-order chi connectivity index (χ1) is 7.83. The largest absolute Gasteiger partial charge is 0.493 e. The third kappa shape index (κ3) is 1.52. The summed E-state index contributed by atoms with van der Waals surface area (Å²) >= 11 is 0. The Morgan fingerprint density at radius 2 is 2.19 bits per heavy atom. The molecule has 0 amide bonds. The monoisotopic (exact) mass is 216 g/mol. The molecule has 0 saturated heterocycles. The van der Waals surface area contributed by atoms with Gasteiger partial charge in [-0.15, -0.1) is 0 Å². The summed E-state index contributed by atoms with van der Waals surface area (Å²) < 4.78 is 10.7. The van der Waals surface area contributed by atoms with Crippen LogP contribution in [0.1, 0.15) is 12.0 Å². The van der Waals surface area contributed by atoms with Gasteiger partial charge in [-0.3, -0.25) is 0 Å². The zero-order valence-electron chi connectivity index (χ0n) is 8.77. The van der Waals surface area contributed by atoms with Crippen LogP contribution in [-0.4, -0.2) is 11.8 Å². The first-order valence-corrected chi connectivity index (χ1v) is 5.31. The van der Waals surface area contributed by atoms with Crippen LogP contribution in [0.2, 0.25) is 0 Å². The SMILES string of the molecule is Nc1cc(-c2ccc3c(c2)CCCO3)on1. The molecular formula is C12H12N2O2. The van der Waals surface area contributed by atoms with Gasteiger partial charge in [0, 0.05) is 11.6 Å². The van der Waals surface area contributed by atoms with Crippen molar-refractivity contribution in [3.8, 4) is 17.1 Å². The van der Waals surface area contributed by atoms with Crippen molar-refractivity contribution < 1.29 is 9.26 Å². The Hall–Kier alpha value is -1.97. The van der Waals surface area contributed by atoms with Gasteiger partial charge in [-0.1, -0.05) is 5.16 Å².